The molecule has 0 spiro atoms. The van der Waals surface area contributed by atoms with Gasteiger partial charge in [0.25, 0.3) is 0 Å². The van der Waals surface area contributed by atoms with Gasteiger partial charge in [0, 0.05) is 24.7 Å². The summed E-state index contributed by atoms with van der Waals surface area (Å²) in [4.78, 5) is 26.1. The Morgan fingerprint density at radius 3 is 2.67 bits per heavy atom. The van der Waals surface area contributed by atoms with Gasteiger partial charge < -0.3 is 15.5 Å². The molecule has 2 atom stereocenters. The highest BCUT2D eigenvalue weighted by atomic mass is 16.2. The number of aryl methyl sites for hydroxylation is 1. The Labute approximate surface area is 125 Å². The summed E-state index contributed by atoms with van der Waals surface area (Å²) in [7, 11) is 1.81. The molecule has 0 radical (unpaired) electrons. The lowest BCUT2D eigenvalue weighted by Gasteiger charge is -2.18. The largest absolute Gasteiger partial charge is 0.344 e. The second kappa shape index (κ2) is 6.72. The summed E-state index contributed by atoms with van der Waals surface area (Å²) in [6.45, 7) is 5.12. The molecule has 5 nitrogen and oxygen atoms in total. The molecule has 1 aromatic rings. The van der Waals surface area contributed by atoms with Crippen molar-refractivity contribution in [3.8, 4) is 0 Å². The zero-order chi connectivity index (χ0) is 15.4. The van der Waals surface area contributed by atoms with Crippen LogP contribution >= 0.6 is 0 Å². The monoisotopic (exact) mass is 289 g/mol. The third-order valence-electron chi connectivity index (χ3n) is 3.83. The Kier molecular flexibility index (Phi) is 4.96. The van der Waals surface area contributed by atoms with Gasteiger partial charge in [-0.25, -0.2) is 0 Å². The van der Waals surface area contributed by atoms with Crippen molar-refractivity contribution in [2.45, 2.75) is 26.3 Å². The third kappa shape index (κ3) is 3.61. The van der Waals surface area contributed by atoms with Crippen LogP contribution in [-0.2, 0) is 9.59 Å². The lowest BCUT2D eigenvalue weighted by atomic mass is 10.1. The van der Waals surface area contributed by atoms with Gasteiger partial charge in [-0.15, -0.1) is 0 Å². The van der Waals surface area contributed by atoms with Gasteiger partial charge in [0.2, 0.25) is 11.8 Å². The minimum absolute atomic E-state index is 0.0242. The van der Waals surface area contributed by atoms with Gasteiger partial charge >= 0.3 is 0 Å². The second-order valence-electron chi connectivity index (χ2n) is 5.63. The molecule has 2 unspecified atom stereocenters. The molecule has 1 aliphatic heterocycles. The van der Waals surface area contributed by atoms with Crippen molar-refractivity contribution in [1.82, 2.24) is 10.6 Å². The molecule has 0 aromatic heterocycles. The Balaban J connectivity index is 1.98. The van der Waals surface area contributed by atoms with E-state index in [-0.39, 0.29) is 17.7 Å². The molecule has 2 N–H and O–H groups in total. The summed E-state index contributed by atoms with van der Waals surface area (Å²) in [5, 5.41) is 5.82. The summed E-state index contributed by atoms with van der Waals surface area (Å²) in [5.74, 6) is -0.242. The molecule has 5 heteroatoms. The first-order chi connectivity index (χ1) is 10.0. The van der Waals surface area contributed by atoms with Crippen LogP contribution in [0.25, 0.3) is 0 Å². The number of carbonyl (C=O) groups is 2. The molecule has 1 aliphatic rings. The third-order valence-corrected chi connectivity index (χ3v) is 3.83. The van der Waals surface area contributed by atoms with E-state index in [1.54, 1.807) is 4.90 Å². The quantitative estimate of drug-likeness (QED) is 0.852. The number of hydrogen-bond donors (Lipinski definition) is 2. The van der Waals surface area contributed by atoms with Gasteiger partial charge in [0.15, 0.2) is 0 Å². The highest BCUT2D eigenvalue weighted by Gasteiger charge is 2.34. The first-order valence-electron chi connectivity index (χ1n) is 7.36. The van der Waals surface area contributed by atoms with Crippen molar-refractivity contribution in [3.05, 3.63) is 29.8 Å². The van der Waals surface area contributed by atoms with Crippen LogP contribution in [-0.4, -0.2) is 38.0 Å². The molecular weight excluding hydrogens is 266 g/mol. The van der Waals surface area contributed by atoms with E-state index in [1.165, 1.54) is 0 Å². The molecule has 114 valence electrons. The van der Waals surface area contributed by atoms with Gasteiger partial charge in [-0.1, -0.05) is 24.6 Å². The number of benzene rings is 1. The summed E-state index contributed by atoms with van der Waals surface area (Å²) < 4.78 is 0. The topological polar surface area (TPSA) is 61.4 Å². The van der Waals surface area contributed by atoms with E-state index in [4.69, 9.17) is 0 Å². The van der Waals surface area contributed by atoms with E-state index in [0.29, 0.717) is 19.5 Å². The number of nitrogens with zero attached hydrogens (tertiary/aromatic N) is 1. The number of rotatable bonds is 5. The van der Waals surface area contributed by atoms with Gasteiger partial charge in [0.05, 0.1) is 0 Å². The summed E-state index contributed by atoms with van der Waals surface area (Å²) >= 11 is 0. The van der Waals surface area contributed by atoms with Crippen LogP contribution in [0.2, 0.25) is 0 Å². The summed E-state index contributed by atoms with van der Waals surface area (Å²) in [5.41, 5.74) is 2.06. The Morgan fingerprint density at radius 2 is 2.05 bits per heavy atom. The van der Waals surface area contributed by atoms with Crippen molar-refractivity contribution in [2.24, 2.45) is 5.92 Å². The first kappa shape index (κ1) is 15.5. The van der Waals surface area contributed by atoms with Gasteiger partial charge in [-0.05, 0) is 32.5 Å². The molecule has 0 aliphatic carbocycles. The van der Waals surface area contributed by atoms with E-state index in [1.807, 2.05) is 45.2 Å². The fourth-order valence-electron chi connectivity index (χ4n) is 2.51. The Morgan fingerprint density at radius 1 is 1.38 bits per heavy atom. The van der Waals surface area contributed by atoms with Crippen molar-refractivity contribution in [2.75, 3.05) is 25.0 Å². The summed E-state index contributed by atoms with van der Waals surface area (Å²) in [6.07, 6.45) is 0.657. The van der Waals surface area contributed by atoms with E-state index in [9.17, 15) is 9.59 Å². The van der Waals surface area contributed by atoms with Crippen LogP contribution in [0, 0.1) is 12.8 Å². The average Bonchev–Trinajstić information content (AvgIpc) is 2.81. The number of nitrogens with one attached hydrogen (secondary N) is 2. The minimum Gasteiger partial charge on any atom is -0.344 e. The lowest BCUT2D eigenvalue weighted by molar-refractivity contribution is -0.128. The number of anilines is 1. The second-order valence-corrected chi connectivity index (χ2v) is 5.63. The predicted molar refractivity (Wildman–Crippen MR) is 83.2 cm³/mol. The van der Waals surface area contributed by atoms with Crippen molar-refractivity contribution >= 4 is 17.5 Å². The van der Waals surface area contributed by atoms with Gasteiger partial charge in [0.1, 0.15) is 6.04 Å². The maximum absolute atomic E-state index is 12.4. The fourth-order valence-corrected chi connectivity index (χ4v) is 2.51. The highest BCUT2D eigenvalue weighted by Crippen LogP contribution is 2.22. The first-order valence-corrected chi connectivity index (χ1v) is 7.36. The predicted octanol–water partition coefficient (Wildman–Crippen LogP) is 1.07. The van der Waals surface area contributed by atoms with Crippen LogP contribution in [0.15, 0.2) is 24.3 Å². The fraction of sp³-hybridized carbons (Fsp3) is 0.500. The molecule has 1 heterocycles. The van der Waals surface area contributed by atoms with E-state index in [0.717, 1.165) is 11.3 Å². The highest BCUT2D eigenvalue weighted by molar-refractivity contribution is 6.01. The van der Waals surface area contributed by atoms with Crippen LogP contribution in [0.5, 0.6) is 0 Å². The SMILES string of the molecule is CNCC(C)C(=O)NC1CCN(c2ccc(C)cc2)C1=O. The molecule has 2 rings (SSSR count). The standard InChI is InChI=1S/C16H23N3O2/c1-11-4-6-13(7-5-11)19-9-8-14(16(19)21)18-15(20)12(2)10-17-3/h4-7,12,14,17H,8-10H2,1-3H3,(H,18,20). The Bertz CT molecular complexity index is 513. The van der Waals surface area contributed by atoms with Crippen molar-refractivity contribution in [1.29, 1.82) is 0 Å². The maximum atomic E-state index is 12.4. The van der Waals surface area contributed by atoms with Crippen LogP contribution in [0.3, 0.4) is 0 Å². The molecule has 1 aromatic carbocycles. The zero-order valence-electron chi connectivity index (χ0n) is 12.8. The summed E-state index contributed by atoms with van der Waals surface area (Å²) in [6, 6.07) is 7.47. The number of hydrogen-bond acceptors (Lipinski definition) is 3. The smallest absolute Gasteiger partial charge is 0.249 e. The molecule has 1 saturated heterocycles. The zero-order valence-corrected chi connectivity index (χ0v) is 12.8. The van der Waals surface area contributed by atoms with Crippen molar-refractivity contribution in [3.63, 3.8) is 0 Å². The molecule has 2 amide bonds. The number of carbonyl (C=O) groups excluding carboxylic acids is 2. The molecular formula is C16H23N3O2. The number of amides is 2. The van der Waals surface area contributed by atoms with Crippen LogP contribution in [0.4, 0.5) is 5.69 Å². The molecule has 0 bridgehead atoms. The van der Waals surface area contributed by atoms with Gasteiger partial charge in [-0.2, -0.15) is 0 Å². The average molecular weight is 289 g/mol. The van der Waals surface area contributed by atoms with Crippen LogP contribution < -0.4 is 15.5 Å². The lowest BCUT2D eigenvalue weighted by Crippen LogP contribution is -2.45. The van der Waals surface area contributed by atoms with E-state index < -0.39 is 6.04 Å². The normalized spacial score (nSPS) is 19.7. The van der Waals surface area contributed by atoms with E-state index in [2.05, 4.69) is 10.6 Å². The minimum atomic E-state index is -0.405. The Hall–Kier alpha value is -1.88. The molecule has 1 fully saturated rings. The maximum Gasteiger partial charge on any atom is 0.249 e. The van der Waals surface area contributed by atoms with Crippen molar-refractivity contribution < 1.29 is 9.59 Å². The molecule has 21 heavy (non-hydrogen) atoms. The van der Waals surface area contributed by atoms with Crippen LogP contribution in [0.1, 0.15) is 18.9 Å². The van der Waals surface area contributed by atoms with Gasteiger partial charge in [-0.3, -0.25) is 9.59 Å². The molecule has 0 saturated carbocycles. The van der Waals surface area contributed by atoms with E-state index >= 15 is 0 Å².